The molecule has 1 fully saturated rings. The third-order valence-electron chi connectivity index (χ3n) is 2.61. The summed E-state index contributed by atoms with van der Waals surface area (Å²) in [6, 6.07) is 0. The smallest absolute Gasteiger partial charge is 0.370 e. The molecular formula is C8H15F3NO+. The van der Waals surface area contributed by atoms with Crippen LogP contribution in [0.2, 0.25) is 0 Å². The zero-order valence-electron chi connectivity index (χ0n) is 7.73. The molecular weight excluding hydrogens is 183 g/mol. The predicted molar refractivity (Wildman–Crippen MR) is 42.3 cm³/mol. The third-order valence-corrected chi connectivity index (χ3v) is 2.61. The van der Waals surface area contributed by atoms with Gasteiger partial charge in [-0.3, -0.25) is 0 Å². The van der Waals surface area contributed by atoms with E-state index in [-0.39, 0.29) is 4.48 Å². The van der Waals surface area contributed by atoms with Gasteiger partial charge in [0.05, 0.1) is 19.8 Å². The van der Waals surface area contributed by atoms with Crippen LogP contribution in [0.1, 0.15) is 6.92 Å². The summed E-state index contributed by atoms with van der Waals surface area (Å²) >= 11 is 0. The van der Waals surface area contributed by atoms with Crippen molar-refractivity contribution in [3.05, 3.63) is 0 Å². The largest absolute Gasteiger partial charge is 0.438 e. The Hall–Kier alpha value is -0.290. The first-order chi connectivity index (χ1) is 5.97. The van der Waals surface area contributed by atoms with Gasteiger partial charge in [0.15, 0.2) is 6.54 Å². The quantitative estimate of drug-likeness (QED) is 0.610. The van der Waals surface area contributed by atoms with E-state index < -0.39 is 12.7 Å². The average Bonchev–Trinajstić information content (AvgIpc) is 2.03. The first-order valence-electron chi connectivity index (χ1n) is 4.47. The lowest BCUT2D eigenvalue weighted by molar-refractivity contribution is -0.942. The van der Waals surface area contributed by atoms with Gasteiger partial charge in [-0.05, 0) is 6.92 Å². The Bertz CT molecular complexity index is 163. The number of likely N-dealkylation sites (N-methyl/N-ethyl adjacent to an activating group) is 1. The lowest BCUT2D eigenvalue weighted by Gasteiger charge is -2.40. The second-order valence-corrected chi connectivity index (χ2v) is 3.49. The summed E-state index contributed by atoms with van der Waals surface area (Å²) in [5.41, 5.74) is 0. The lowest BCUT2D eigenvalue weighted by Crippen LogP contribution is -2.58. The van der Waals surface area contributed by atoms with Crippen LogP contribution < -0.4 is 0 Å². The van der Waals surface area contributed by atoms with E-state index in [0.29, 0.717) is 32.8 Å². The van der Waals surface area contributed by atoms with Gasteiger partial charge < -0.3 is 9.22 Å². The Morgan fingerprint density at radius 3 is 2.15 bits per heavy atom. The molecule has 0 amide bonds. The highest BCUT2D eigenvalue weighted by molar-refractivity contribution is 4.54. The fourth-order valence-corrected chi connectivity index (χ4v) is 1.70. The van der Waals surface area contributed by atoms with E-state index >= 15 is 0 Å². The molecule has 78 valence electrons. The molecule has 0 unspecified atom stereocenters. The molecule has 2 nitrogen and oxygen atoms in total. The third kappa shape index (κ3) is 3.15. The summed E-state index contributed by atoms with van der Waals surface area (Å²) in [6.45, 7) is 3.48. The standard InChI is InChI=1S/C8H15F3NO/c1-2-12(7-8(9,10)11)3-5-13-6-4-12/h2-7H2,1H3/q+1. The van der Waals surface area contributed by atoms with Crippen LogP contribution in [0, 0.1) is 0 Å². The van der Waals surface area contributed by atoms with Crippen molar-refractivity contribution < 1.29 is 22.4 Å². The number of morpholine rings is 1. The molecule has 1 aliphatic rings. The Balaban J connectivity index is 2.57. The second kappa shape index (κ2) is 3.84. The maximum absolute atomic E-state index is 12.2. The van der Waals surface area contributed by atoms with Crippen molar-refractivity contribution in [2.24, 2.45) is 0 Å². The lowest BCUT2D eigenvalue weighted by atomic mass is 10.3. The van der Waals surface area contributed by atoms with Gasteiger partial charge in [-0.15, -0.1) is 0 Å². The molecule has 0 saturated carbocycles. The molecule has 0 aromatic carbocycles. The summed E-state index contributed by atoms with van der Waals surface area (Å²) in [5.74, 6) is 0. The van der Waals surface area contributed by atoms with Crippen LogP contribution in [0.25, 0.3) is 0 Å². The highest BCUT2D eigenvalue weighted by atomic mass is 19.4. The van der Waals surface area contributed by atoms with Gasteiger partial charge >= 0.3 is 6.18 Å². The molecule has 1 saturated heterocycles. The monoisotopic (exact) mass is 198 g/mol. The number of nitrogens with zero attached hydrogens (tertiary/aromatic N) is 1. The molecule has 0 radical (unpaired) electrons. The molecule has 1 rings (SSSR count). The van der Waals surface area contributed by atoms with Crippen LogP contribution in [0.15, 0.2) is 0 Å². The summed E-state index contributed by atoms with van der Waals surface area (Å²) in [6.07, 6.45) is -4.06. The molecule has 1 aliphatic heterocycles. The minimum atomic E-state index is -4.06. The number of hydrogen-bond acceptors (Lipinski definition) is 1. The van der Waals surface area contributed by atoms with E-state index in [1.807, 2.05) is 0 Å². The van der Waals surface area contributed by atoms with Crippen LogP contribution in [0.3, 0.4) is 0 Å². The van der Waals surface area contributed by atoms with E-state index in [9.17, 15) is 13.2 Å². The van der Waals surface area contributed by atoms with Gasteiger partial charge in [0.2, 0.25) is 0 Å². The number of rotatable bonds is 2. The van der Waals surface area contributed by atoms with E-state index in [2.05, 4.69) is 0 Å². The average molecular weight is 198 g/mol. The zero-order chi connectivity index (χ0) is 9.95. The Morgan fingerprint density at radius 2 is 1.77 bits per heavy atom. The van der Waals surface area contributed by atoms with Gasteiger partial charge in [0, 0.05) is 0 Å². The van der Waals surface area contributed by atoms with Crippen molar-refractivity contribution in [1.29, 1.82) is 0 Å². The Morgan fingerprint density at radius 1 is 1.23 bits per heavy atom. The fourth-order valence-electron chi connectivity index (χ4n) is 1.70. The number of halogens is 3. The summed E-state index contributed by atoms with van der Waals surface area (Å²) in [5, 5.41) is 0. The van der Waals surface area contributed by atoms with Gasteiger partial charge in [-0.1, -0.05) is 0 Å². The van der Waals surface area contributed by atoms with Crippen molar-refractivity contribution in [3.63, 3.8) is 0 Å². The minimum absolute atomic E-state index is 0.128. The molecule has 1 heterocycles. The topological polar surface area (TPSA) is 9.23 Å². The summed E-state index contributed by atoms with van der Waals surface area (Å²) in [7, 11) is 0. The molecule has 0 bridgehead atoms. The van der Waals surface area contributed by atoms with E-state index in [0.717, 1.165) is 0 Å². The maximum atomic E-state index is 12.2. The molecule has 0 aromatic heterocycles. The first-order valence-corrected chi connectivity index (χ1v) is 4.47. The van der Waals surface area contributed by atoms with Crippen LogP contribution in [0.4, 0.5) is 13.2 Å². The molecule has 0 aliphatic carbocycles. The Kier molecular flexibility index (Phi) is 3.18. The van der Waals surface area contributed by atoms with Gasteiger partial charge in [0.25, 0.3) is 0 Å². The normalized spacial score (nSPS) is 23.1. The van der Waals surface area contributed by atoms with E-state index in [4.69, 9.17) is 4.74 Å². The molecule has 0 spiro atoms. The summed E-state index contributed by atoms with van der Waals surface area (Å²) in [4.78, 5) is 0. The number of hydrogen-bond donors (Lipinski definition) is 0. The second-order valence-electron chi connectivity index (χ2n) is 3.49. The van der Waals surface area contributed by atoms with Crippen molar-refractivity contribution in [3.8, 4) is 0 Å². The number of alkyl halides is 3. The van der Waals surface area contributed by atoms with Crippen molar-refractivity contribution in [1.82, 2.24) is 0 Å². The Labute approximate surface area is 75.9 Å². The molecule has 5 heteroatoms. The molecule has 13 heavy (non-hydrogen) atoms. The van der Waals surface area contributed by atoms with Gasteiger partial charge in [0.1, 0.15) is 13.1 Å². The van der Waals surface area contributed by atoms with E-state index in [1.165, 1.54) is 0 Å². The number of quaternary nitrogens is 1. The highest BCUT2D eigenvalue weighted by Gasteiger charge is 2.42. The zero-order valence-corrected chi connectivity index (χ0v) is 7.73. The van der Waals surface area contributed by atoms with Crippen LogP contribution in [-0.4, -0.2) is 50.1 Å². The van der Waals surface area contributed by atoms with Crippen molar-refractivity contribution in [2.75, 3.05) is 39.4 Å². The number of ether oxygens (including phenoxy) is 1. The van der Waals surface area contributed by atoms with Gasteiger partial charge in [-0.25, -0.2) is 0 Å². The first kappa shape index (κ1) is 10.8. The van der Waals surface area contributed by atoms with Crippen LogP contribution >= 0.6 is 0 Å². The highest BCUT2D eigenvalue weighted by Crippen LogP contribution is 2.23. The SMILES string of the molecule is CC[N+]1(CC(F)(F)F)CCOCC1. The fraction of sp³-hybridized carbons (Fsp3) is 1.00. The van der Waals surface area contributed by atoms with Crippen molar-refractivity contribution in [2.45, 2.75) is 13.1 Å². The van der Waals surface area contributed by atoms with E-state index in [1.54, 1.807) is 6.92 Å². The molecule has 0 aromatic rings. The van der Waals surface area contributed by atoms with Crippen molar-refractivity contribution >= 4 is 0 Å². The molecule has 0 N–H and O–H groups in total. The maximum Gasteiger partial charge on any atom is 0.438 e. The van der Waals surface area contributed by atoms with Gasteiger partial charge in [-0.2, -0.15) is 13.2 Å². The van der Waals surface area contributed by atoms with Crippen LogP contribution in [0.5, 0.6) is 0 Å². The summed E-state index contributed by atoms with van der Waals surface area (Å²) < 4.78 is 41.8. The predicted octanol–water partition coefficient (Wildman–Crippen LogP) is 1.42. The van der Waals surface area contributed by atoms with Crippen LogP contribution in [-0.2, 0) is 4.74 Å². The minimum Gasteiger partial charge on any atom is -0.370 e. The molecule has 0 atom stereocenters.